The van der Waals surface area contributed by atoms with Crippen molar-refractivity contribution in [2.45, 2.75) is 31.5 Å². The van der Waals surface area contributed by atoms with Crippen molar-refractivity contribution in [3.05, 3.63) is 0 Å². The molecule has 0 spiro atoms. The second-order valence-electron chi connectivity index (χ2n) is 5.44. The number of alkyl halides is 1. The van der Waals surface area contributed by atoms with Gasteiger partial charge in [0.05, 0.1) is 16.0 Å². The molecule has 2 saturated carbocycles. The van der Waals surface area contributed by atoms with E-state index in [2.05, 4.69) is 15.9 Å². The first kappa shape index (κ1) is 15.1. The predicted molar refractivity (Wildman–Crippen MR) is 66.7 cm³/mol. The molecule has 0 heterocycles. The van der Waals surface area contributed by atoms with Gasteiger partial charge in [0.15, 0.2) is 5.78 Å². The lowest BCUT2D eigenvalue weighted by atomic mass is 9.70. The fourth-order valence-corrected chi connectivity index (χ4v) is 6.12. The minimum Gasteiger partial charge on any atom is -0.412 e. The molecule has 2 bridgehead atoms. The van der Waals surface area contributed by atoms with Crippen LogP contribution < -0.4 is 0 Å². The summed E-state index contributed by atoms with van der Waals surface area (Å²) in [4.78, 5) is 11.9. The minimum atomic E-state index is -4.12. The van der Waals surface area contributed by atoms with Crippen molar-refractivity contribution < 1.29 is 23.2 Å². The van der Waals surface area contributed by atoms with Gasteiger partial charge in [-0.25, -0.2) is 0 Å². The highest BCUT2D eigenvalue weighted by atomic mass is 79.9. The molecular weight excluding hydrogens is 312 g/mol. The fourth-order valence-electron chi connectivity index (χ4n) is 3.48. The van der Waals surface area contributed by atoms with Crippen molar-refractivity contribution >= 4 is 31.8 Å². The van der Waals surface area contributed by atoms with Gasteiger partial charge in [-0.15, -0.1) is 0 Å². The largest absolute Gasteiger partial charge is 0.412 e. The van der Waals surface area contributed by atoms with Crippen molar-refractivity contribution in [2.24, 2.45) is 16.7 Å². The van der Waals surface area contributed by atoms with Crippen molar-refractivity contribution in [3.63, 3.8) is 0 Å². The number of Topliss-reactive ketones (excluding diaryl/α,β-unsaturated/α-hetero) is 1. The monoisotopic (exact) mass is 328 g/mol. The predicted octanol–water partition coefficient (Wildman–Crippen LogP) is 0.818. The molecule has 0 amide bonds. The average Bonchev–Trinajstić information content (AvgIpc) is 2.39. The zero-order chi connectivity index (χ0) is 12.4. The van der Waals surface area contributed by atoms with E-state index < -0.39 is 21.3 Å². The SMILES string of the molecule is CC1(C)C2CC[C@@]1(CS(=O)(=O)O)C(=O)[C@H]2Br.O. The molecule has 0 aromatic rings. The Morgan fingerprint density at radius 2 is 2.00 bits per heavy atom. The molecule has 3 N–H and O–H groups in total. The van der Waals surface area contributed by atoms with Crippen molar-refractivity contribution in [3.8, 4) is 0 Å². The first-order chi connectivity index (χ1) is 7.12. The smallest absolute Gasteiger partial charge is 0.265 e. The second kappa shape index (κ2) is 4.01. The number of fused-ring (bicyclic) bond motifs is 2. The highest BCUT2D eigenvalue weighted by Crippen LogP contribution is 2.65. The van der Waals surface area contributed by atoms with Gasteiger partial charge >= 0.3 is 0 Å². The Balaban J connectivity index is 0.00000144. The van der Waals surface area contributed by atoms with E-state index in [1.165, 1.54) is 0 Å². The molecule has 2 rings (SSSR count). The van der Waals surface area contributed by atoms with Crippen LogP contribution in [0.5, 0.6) is 0 Å². The Labute approximate surface area is 109 Å². The van der Waals surface area contributed by atoms with E-state index in [0.717, 1.165) is 6.42 Å². The van der Waals surface area contributed by atoms with Gasteiger partial charge in [-0.2, -0.15) is 8.42 Å². The highest BCUT2D eigenvalue weighted by molar-refractivity contribution is 9.10. The van der Waals surface area contributed by atoms with Crippen molar-refractivity contribution in [2.75, 3.05) is 5.75 Å². The average molecular weight is 329 g/mol. The van der Waals surface area contributed by atoms with Crippen LogP contribution in [-0.4, -0.2) is 34.8 Å². The molecule has 2 fully saturated rings. The van der Waals surface area contributed by atoms with Crippen LogP contribution in [-0.2, 0) is 14.9 Å². The van der Waals surface area contributed by atoms with Gasteiger partial charge in [0.2, 0.25) is 0 Å². The number of ketones is 1. The molecule has 0 aromatic heterocycles. The van der Waals surface area contributed by atoms with Gasteiger partial charge < -0.3 is 5.48 Å². The van der Waals surface area contributed by atoms with Crippen LogP contribution >= 0.6 is 15.9 Å². The van der Waals surface area contributed by atoms with E-state index in [9.17, 15) is 13.2 Å². The summed E-state index contributed by atoms with van der Waals surface area (Å²) < 4.78 is 31.2. The van der Waals surface area contributed by atoms with Crippen LogP contribution in [0.4, 0.5) is 0 Å². The molecule has 100 valence electrons. The third-order valence-corrected chi connectivity index (χ3v) is 6.46. The molecule has 0 radical (unpaired) electrons. The van der Waals surface area contributed by atoms with Gasteiger partial charge in [-0.1, -0.05) is 29.8 Å². The number of hydrogen-bond acceptors (Lipinski definition) is 3. The van der Waals surface area contributed by atoms with Gasteiger partial charge in [0.25, 0.3) is 10.1 Å². The summed E-state index contributed by atoms with van der Waals surface area (Å²) in [7, 11) is -4.12. The van der Waals surface area contributed by atoms with Crippen molar-refractivity contribution in [1.82, 2.24) is 0 Å². The van der Waals surface area contributed by atoms with Crippen LogP contribution in [0.15, 0.2) is 0 Å². The van der Waals surface area contributed by atoms with Gasteiger partial charge in [0.1, 0.15) is 0 Å². The molecular formula is C10H17BrO5S. The molecule has 17 heavy (non-hydrogen) atoms. The van der Waals surface area contributed by atoms with Crippen LogP contribution in [0, 0.1) is 16.7 Å². The molecule has 1 unspecified atom stereocenters. The van der Waals surface area contributed by atoms with Crippen LogP contribution in [0.3, 0.4) is 0 Å². The van der Waals surface area contributed by atoms with Crippen LogP contribution in [0.1, 0.15) is 26.7 Å². The summed E-state index contributed by atoms with van der Waals surface area (Å²) in [6.45, 7) is 3.85. The first-order valence-electron chi connectivity index (χ1n) is 5.25. The summed E-state index contributed by atoms with van der Waals surface area (Å²) in [6, 6.07) is 0. The third-order valence-electron chi connectivity index (χ3n) is 4.55. The Morgan fingerprint density at radius 1 is 1.47 bits per heavy atom. The molecule has 2 aliphatic carbocycles. The van der Waals surface area contributed by atoms with Gasteiger partial charge in [0, 0.05) is 0 Å². The molecule has 5 nitrogen and oxygen atoms in total. The molecule has 0 saturated heterocycles. The fraction of sp³-hybridized carbons (Fsp3) is 0.900. The standard InChI is InChI=1S/C10H15BrO4S.H2O/c1-9(2)6-3-4-10(9,5-16(13,14)15)8(12)7(6)11;/h6-7H,3-5H2,1-2H3,(H,13,14,15);1H2/t6?,7-,10+;/m0./s1. The number of carbonyl (C=O) groups is 1. The van der Waals surface area contributed by atoms with E-state index in [-0.39, 0.29) is 27.4 Å². The lowest BCUT2D eigenvalue weighted by molar-refractivity contribution is -0.127. The molecule has 7 heteroatoms. The Hall–Kier alpha value is 0.0200. The Bertz CT molecular complexity index is 444. The maximum absolute atomic E-state index is 12.2. The lowest BCUT2D eigenvalue weighted by Crippen LogP contribution is -2.43. The highest BCUT2D eigenvalue weighted by Gasteiger charge is 2.69. The van der Waals surface area contributed by atoms with E-state index >= 15 is 0 Å². The number of carbonyl (C=O) groups excluding carboxylic acids is 1. The van der Waals surface area contributed by atoms with Gasteiger partial charge in [-0.3, -0.25) is 9.35 Å². The summed E-state index contributed by atoms with van der Waals surface area (Å²) >= 11 is 3.35. The zero-order valence-corrected chi connectivity index (χ0v) is 12.1. The third kappa shape index (κ3) is 1.87. The van der Waals surface area contributed by atoms with Crippen LogP contribution in [0.25, 0.3) is 0 Å². The molecule has 2 aliphatic rings. The lowest BCUT2D eigenvalue weighted by Gasteiger charge is -2.35. The maximum atomic E-state index is 12.2. The number of rotatable bonds is 2. The van der Waals surface area contributed by atoms with E-state index in [1.807, 2.05) is 13.8 Å². The normalized spacial score (nSPS) is 39.2. The Morgan fingerprint density at radius 3 is 2.35 bits per heavy atom. The van der Waals surface area contributed by atoms with E-state index in [4.69, 9.17) is 4.55 Å². The minimum absolute atomic E-state index is 0. The first-order valence-corrected chi connectivity index (χ1v) is 7.78. The molecule has 3 atom stereocenters. The number of halogens is 1. The van der Waals surface area contributed by atoms with E-state index in [1.54, 1.807) is 0 Å². The molecule has 0 aliphatic heterocycles. The quantitative estimate of drug-likeness (QED) is 0.598. The number of hydrogen-bond donors (Lipinski definition) is 1. The second-order valence-corrected chi connectivity index (χ2v) is 7.88. The summed E-state index contributed by atoms with van der Waals surface area (Å²) in [5, 5.41) is 0. The molecule has 0 aromatic carbocycles. The zero-order valence-electron chi connectivity index (χ0n) is 9.73. The van der Waals surface area contributed by atoms with Gasteiger partial charge in [-0.05, 0) is 24.2 Å². The van der Waals surface area contributed by atoms with Crippen LogP contribution in [0.2, 0.25) is 0 Å². The summed E-state index contributed by atoms with van der Waals surface area (Å²) in [5.74, 6) is -0.335. The van der Waals surface area contributed by atoms with Crippen molar-refractivity contribution in [1.29, 1.82) is 0 Å². The summed E-state index contributed by atoms with van der Waals surface area (Å²) in [5.41, 5.74) is -1.27. The maximum Gasteiger partial charge on any atom is 0.265 e. The Kier molecular flexibility index (Phi) is 3.56. The topological polar surface area (TPSA) is 103 Å². The van der Waals surface area contributed by atoms with E-state index in [0.29, 0.717) is 6.42 Å². The summed E-state index contributed by atoms with van der Waals surface area (Å²) in [6.07, 6.45) is 1.40.